The number of nitrogen functional groups attached to an aromatic ring is 1. The van der Waals surface area contributed by atoms with Crippen LogP contribution in [-0.4, -0.2) is 25.0 Å². The number of anilines is 1. The highest BCUT2D eigenvalue weighted by molar-refractivity contribution is 6.37. The third-order valence-electron chi connectivity index (χ3n) is 6.06. The predicted octanol–water partition coefficient (Wildman–Crippen LogP) is 2.69. The van der Waals surface area contributed by atoms with E-state index in [4.69, 9.17) is 33.7 Å². The summed E-state index contributed by atoms with van der Waals surface area (Å²) in [4.78, 5) is 38.2. The summed E-state index contributed by atoms with van der Waals surface area (Å²) in [5.74, 6) is -0.0567. The van der Waals surface area contributed by atoms with Crippen LogP contribution in [0.5, 0.6) is 11.6 Å². The van der Waals surface area contributed by atoms with Gasteiger partial charge in [0.15, 0.2) is 5.75 Å². The van der Waals surface area contributed by atoms with Crippen LogP contribution in [0.15, 0.2) is 26.5 Å². The number of aromatic amines is 2. The summed E-state index contributed by atoms with van der Waals surface area (Å²) >= 11 is 12.8. The number of H-pyrrole nitrogens is 2. The fourth-order valence-electron chi connectivity index (χ4n) is 4.24. The number of benzene rings is 1. The summed E-state index contributed by atoms with van der Waals surface area (Å²) in [5, 5.41) is 10.5. The Bertz CT molecular complexity index is 1370. The molecule has 0 saturated carbocycles. The van der Waals surface area contributed by atoms with Crippen LogP contribution >= 0.6 is 23.2 Å². The molecule has 3 aromatic rings. The van der Waals surface area contributed by atoms with Crippen LogP contribution in [0.25, 0.3) is 5.69 Å². The zero-order valence-electron chi connectivity index (χ0n) is 17.3. The summed E-state index contributed by atoms with van der Waals surface area (Å²) in [6.45, 7) is 4.12. The van der Waals surface area contributed by atoms with Crippen LogP contribution in [0.3, 0.4) is 0 Å². The Morgan fingerprint density at radius 2 is 1.81 bits per heavy atom. The minimum atomic E-state index is -0.805. The van der Waals surface area contributed by atoms with Crippen LogP contribution in [0.2, 0.25) is 10.0 Å². The summed E-state index contributed by atoms with van der Waals surface area (Å²) in [7, 11) is 0. The van der Waals surface area contributed by atoms with Crippen LogP contribution < -0.4 is 27.3 Å². The minimum Gasteiger partial charge on any atom is -0.434 e. The van der Waals surface area contributed by atoms with Gasteiger partial charge >= 0.3 is 5.69 Å². The first kappa shape index (κ1) is 22.1. The molecule has 2 heterocycles. The average molecular weight is 479 g/mol. The molecule has 4 N–H and O–H groups in total. The number of ether oxygens (including phenoxy) is 1. The van der Waals surface area contributed by atoms with Crippen molar-refractivity contribution in [2.45, 2.75) is 44.9 Å². The Hall–Kier alpha value is -3.11. The molecule has 168 valence electrons. The second kappa shape index (κ2) is 8.10. The first-order valence-electron chi connectivity index (χ1n) is 9.99. The van der Waals surface area contributed by atoms with Gasteiger partial charge in [-0.1, -0.05) is 37.0 Å². The van der Waals surface area contributed by atoms with Gasteiger partial charge in [-0.05, 0) is 37.8 Å². The molecule has 0 aliphatic heterocycles. The van der Waals surface area contributed by atoms with Gasteiger partial charge < -0.3 is 10.5 Å². The van der Waals surface area contributed by atoms with Crippen molar-refractivity contribution < 1.29 is 4.74 Å². The highest BCUT2D eigenvalue weighted by Gasteiger charge is 2.40. The number of halogens is 2. The van der Waals surface area contributed by atoms with E-state index in [1.807, 2.05) is 0 Å². The van der Waals surface area contributed by atoms with E-state index in [0.29, 0.717) is 12.0 Å². The quantitative estimate of drug-likeness (QED) is 0.509. The van der Waals surface area contributed by atoms with Gasteiger partial charge in [0.1, 0.15) is 0 Å². The third-order valence-corrected chi connectivity index (χ3v) is 6.62. The molecule has 2 aromatic heterocycles. The molecule has 0 saturated heterocycles. The number of fused-ring (bicyclic) bond motifs is 1. The van der Waals surface area contributed by atoms with E-state index < -0.39 is 11.2 Å². The maximum absolute atomic E-state index is 12.6. The molecule has 1 aliphatic carbocycles. The lowest BCUT2D eigenvalue weighted by Crippen LogP contribution is -2.33. The molecule has 10 nitrogen and oxygen atoms in total. The van der Waals surface area contributed by atoms with Crippen LogP contribution in [0.4, 0.5) is 5.82 Å². The lowest BCUT2D eigenvalue weighted by molar-refractivity contribution is 0.390. The molecule has 32 heavy (non-hydrogen) atoms. The maximum atomic E-state index is 12.6. The highest BCUT2D eigenvalue weighted by atomic mass is 35.5. The van der Waals surface area contributed by atoms with Gasteiger partial charge in [-0.25, -0.2) is 9.89 Å². The molecular formula is C20H20Cl2N6O4. The van der Waals surface area contributed by atoms with Gasteiger partial charge in [0.25, 0.3) is 11.1 Å². The fraction of sp³-hybridized carbons (Fsp3) is 0.350. The van der Waals surface area contributed by atoms with Gasteiger partial charge in [0, 0.05) is 16.5 Å². The number of hydrogen-bond donors (Lipinski definition) is 3. The SMILES string of the molecule is CCC1(CC)CCc2c(Oc3c(Cl)cc(-n4nc(N)c(=O)[nH]c4=O)cc3Cl)n[nH]c(=O)c21. The van der Waals surface area contributed by atoms with Crippen molar-refractivity contribution in [3.05, 3.63) is 64.5 Å². The Morgan fingerprint density at radius 3 is 2.44 bits per heavy atom. The average Bonchev–Trinajstić information content (AvgIpc) is 3.16. The van der Waals surface area contributed by atoms with E-state index in [1.165, 1.54) is 12.1 Å². The zero-order valence-corrected chi connectivity index (χ0v) is 18.8. The lowest BCUT2D eigenvalue weighted by atomic mass is 9.78. The zero-order chi connectivity index (χ0) is 23.2. The topological polar surface area (TPSA) is 149 Å². The molecular weight excluding hydrogens is 459 g/mol. The summed E-state index contributed by atoms with van der Waals surface area (Å²) in [6.07, 6.45) is 3.11. The van der Waals surface area contributed by atoms with Crippen molar-refractivity contribution in [2.75, 3.05) is 5.73 Å². The van der Waals surface area contributed by atoms with Crippen molar-refractivity contribution in [3.63, 3.8) is 0 Å². The molecule has 1 aromatic carbocycles. The van der Waals surface area contributed by atoms with Gasteiger partial charge in [-0.15, -0.1) is 10.2 Å². The second-order valence-electron chi connectivity index (χ2n) is 7.60. The van der Waals surface area contributed by atoms with Crippen molar-refractivity contribution in [3.8, 4) is 17.3 Å². The summed E-state index contributed by atoms with van der Waals surface area (Å²) < 4.78 is 6.81. The van der Waals surface area contributed by atoms with E-state index in [0.717, 1.165) is 29.5 Å². The van der Waals surface area contributed by atoms with Crippen molar-refractivity contribution in [2.24, 2.45) is 0 Å². The molecule has 0 unspecified atom stereocenters. The summed E-state index contributed by atoms with van der Waals surface area (Å²) in [6, 6.07) is 2.78. The molecule has 0 amide bonds. The number of rotatable bonds is 5. The smallest absolute Gasteiger partial charge is 0.349 e. The molecule has 1 aliphatic rings. The van der Waals surface area contributed by atoms with Crippen molar-refractivity contribution >= 4 is 29.0 Å². The first-order valence-corrected chi connectivity index (χ1v) is 10.7. The third kappa shape index (κ3) is 3.49. The van der Waals surface area contributed by atoms with Crippen LogP contribution in [-0.2, 0) is 11.8 Å². The molecule has 0 bridgehead atoms. The highest BCUT2D eigenvalue weighted by Crippen LogP contribution is 2.46. The number of hydrogen-bond acceptors (Lipinski definition) is 7. The van der Waals surface area contributed by atoms with Gasteiger partial charge in [0.05, 0.1) is 15.7 Å². The second-order valence-corrected chi connectivity index (χ2v) is 8.41. The monoisotopic (exact) mass is 478 g/mol. The molecule has 0 radical (unpaired) electrons. The number of aromatic nitrogens is 5. The normalized spacial score (nSPS) is 14.4. The van der Waals surface area contributed by atoms with Gasteiger partial charge in [-0.2, -0.15) is 4.68 Å². The Morgan fingerprint density at radius 1 is 1.16 bits per heavy atom. The fourth-order valence-corrected chi connectivity index (χ4v) is 4.80. The van der Waals surface area contributed by atoms with Crippen LogP contribution in [0, 0.1) is 0 Å². The van der Waals surface area contributed by atoms with Crippen molar-refractivity contribution in [1.82, 2.24) is 25.0 Å². The largest absolute Gasteiger partial charge is 0.434 e. The number of nitrogens with zero attached hydrogens (tertiary/aromatic N) is 3. The lowest BCUT2D eigenvalue weighted by Gasteiger charge is -2.26. The number of nitrogens with two attached hydrogens (primary N) is 1. The van der Waals surface area contributed by atoms with E-state index in [-0.39, 0.29) is 44.2 Å². The van der Waals surface area contributed by atoms with E-state index in [2.05, 4.69) is 34.1 Å². The molecule has 0 spiro atoms. The maximum Gasteiger partial charge on any atom is 0.349 e. The minimum absolute atomic E-state index is 0.0722. The molecule has 0 fully saturated rings. The van der Waals surface area contributed by atoms with E-state index in [9.17, 15) is 14.4 Å². The van der Waals surface area contributed by atoms with Gasteiger partial charge in [0.2, 0.25) is 11.7 Å². The van der Waals surface area contributed by atoms with E-state index in [1.54, 1.807) is 0 Å². The molecule has 4 rings (SSSR count). The summed E-state index contributed by atoms with van der Waals surface area (Å²) in [5.41, 5.74) is 5.06. The Balaban J connectivity index is 1.78. The standard InChI is InChI=1S/C20H20Cl2N6O4/c1-3-20(4-2)6-5-10-13(20)16(29)25-26-18(10)32-14-11(21)7-9(8-12(14)22)28-19(31)24-17(30)15(23)27-28/h7-8H,3-6H2,1-2H3,(H2,23,27)(H,25,29)(H,24,30,31). The predicted molar refractivity (Wildman–Crippen MR) is 120 cm³/mol. The molecule has 12 heteroatoms. The Labute approximate surface area is 191 Å². The molecule has 0 atom stereocenters. The first-order chi connectivity index (χ1) is 15.2. The number of nitrogens with one attached hydrogen (secondary N) is 2. The van der Waals surface area contributed by atoms with Crippen molar-refractivity contribution in [1.29, 1.82) is 0 Å². The van der Waals surface area contributed by atoms with Gasteiger partial charge in [-0.3, -0.25) is 14.6 Å². The Kier molecular flexibility index (Phi) is 5.59. The van der Waals surface area contributed by atoms with Crippen LogP contribution in [0.1, 0.15) is 44.2 Å². The van der Waals surface area contributed by atoms with E-state index >= 15 is 0 Å².